The van der Waals surface area contributed by atoms with Crippen molar-refractivity contribution in [1.82, 2.24) is 20.8 Å². The number of pyridine rings is 1. The first-order valence-corrected chi connectivity index (χ1v) is 15.1. The topological polar surface area (TPSA) is 167 Å². The van der Waals surface area contributed by atoms with Gasteiger partial charge in [0.15, 0.2) is 11.5 Å². The number of hydrogen-bond acceptors (Lipinski definition) is 11. The zero-order valence-corrected chi connectivity index (χ0v) is 25.2. The molecule has 0 saturated carbocycles. The molecule has 4 N–H and O–H groups in total. The maximum absolute atomic E-state index is 14.8. The molecule has 2 aromatic heterocycles. The molecular formula is C32H30FN7O4S. The van der Waals surface area contributed by atoms with Crippen LogP contribution in [-0.2, 0) is 6.42 Å². The molecule has 45 heavy (non-hydrogen) atoms. The van der Waals surface area contributed by atoms with Gasteiger partial charge in [-0.15, -0.1) is 11.3 Å². The fourth-order valence-corrected chi connectivity index (χ4v) is 6.26. The molecule has 0 radical (unpaired) electrons. The van der Waals surface area contributed by atoms with Crippen molar-refractivity contribution in [3.05, 3.63) is 75.6 Å². The second-order valence-electron chi connectivity index (χ2n) is 10.4. The van der Waals surface area contributed by atoms with Gasteiger partial charge in [-0.3, -0.25) is 10.0 Å². The van der Waals surface area contributed by atoms with Crippen LogP contribution in [0.3, 0.4) is 0 Å². The Morgan fingerprint density at radius 1 is 1.13 bits per heavy atom. The van der Waals surface area contributed by atoms with Crippen LogP contribution >= 0.6 is 11.3 Å². The molecule has 1 fully saturated rings. The predicted molar refractivity (Wildman–Crippen MR) is 166 cm³/mol. The smallest absolute Gasteiger partial charge is 0.286 e. The molecule has 1 aliphatic heterocycles. The summed E-state index contributed by atoms with van der Waals surface area (Å²) in [6.45, 7) is 2.07. The minimum Gasteiger partial charge on any atom is -0.504 e. The van der Waals surface area contributed by atoms with Crippen LogP contribution in [0.5, 0.6) is 11.5 Å². The summed E-state index contributed by atoms with van der Waals surface area (Å²) in [4.78, 5) is 22.9. The van der Waals surface area contributed by atoms with Crippen LogP contribution in [0.2, 0.25) is 0 Å². The third-order valence-electron chi connectivity index (χ3n) is 7.71. The van der Waals surface area contributed by atoms with E-state index in [2.05, 4.69) is 21.3 Å². The Bertz CT molecular complexity index is 1790. The number of nitriles is 2. The van der Waals surface area contributed by atoms with E-state index in [-0.39, 0.29) is 28.7 Å². The SMILES string of the molecule is COc1ccc(-c2cnc(N3CCC(NCCCc4ncc(C(=O)NO)s4)CC3)c(C#N)c2-c2ccc(C#N)c(F)c2)cc1O. The Morgan fingerprint density at radius 3 is 2.58 bits per heavy atom. The number of ether oxygens (including phenoxy) is 1. The first-order valence-electron chi connectivity index (χ1n) is 14.2. The average Bonchev–Trinajstić information content (AvgIpc) is 3.55. The van der Waals surface area contributed by atoms with Crippen molar-refractivity contribution in [3.63, 3.8) is 0 Å². The molecule has 230 valence electrons. The number of nitrogens with zero attached hydrogens (tertiary/aromatic N) is 5. The van der Waals surface area contributed by atoms with Gasteiger partial charge in [0.1, 0.15) is 34.2 Å². The van der Waals surface area contributed by atoms with E-state index in [1.54, 1.807) is 29.9 Å². The summed E-state index contributed by atoms with van der Waals surface area (Å²) in [5.74, 6) is -0.573. The fraction of sp³-hybridized carbons (Fsp3) is 0.281. The van der Waals surface area contributed by atoms with Gasteiger partial charge in [-0.25, -0.2) is 19.8 Å². The molecule has 4 aromatic rings. The van der Waals surface area contributed by atoms with Gasteiger partial charge in [0.05, 0.1) is 23.9 Å². The quantitative estimate of drug-likeness (QED) is 0.109. The number of hydroxylamine groups is 1. The molecule has 0 unspecified atom stereocenters. The van der Waals surface area contributed by atoms with Crippen LogP contribution < -0.4 is 20.4 Å². The lowest BCUT2D eigenvalue weighted by molar-refractivity contribution is 0.0710. The monoisotopic (exact) mass is 627 g/mol. The number of aryl methyl sites for hydroxylation is 1. The summed E-state index contributed by atoms with van der Waals surface area (Å²) in [6.07, 6.45) is 6.26. The molecule has 0 bridgehead atoms. The van der Waals surface area contributed by atoms with Gasteiger partial charge >= 0.3 is 0 Å². The number of aromatic hydroxyl groups is 1. The van der Waals surface area contributed by atoms with E-state index in [9.17, 15) is 24.8 Å². The summed E-state index contributed by atoms with van der Waals surface area (Å²) in [7, 11) is 1.45. The normalized spacial score (nSPS) is 13.2. The molecule has 1 amide bonds. The highest BCUT2D eigenvalue weighted by Crippen LogP contribution is 2.41. The van der Waals surface area contributed by atoms with Gasteiger partial charge < -0.3 is 20.1 Å². The number of halogens is 1. The van der Waals surface area contributed by atoms with Gasteiger partial charge in [-0.2, -0.15) is 10.5 Å². The molecular weight excluding hydrogens is 597 g/mol. The highest BCUT2D eigenvalue weighted by molar-refractivity contribution is 7.13. The summed E-state index contributed by atoms with van der Waals surface area (Å²) in [5.41, 5.74) is 3.75. The van der Waals surface area contributed by atoms with Crippen molar-refractivity contribution in [2.45, 2.75) is 31.7 Å². The van der Waals surface area contributed by atoms with Gasteiger partial charge in [0.2, 0.25) is 0 Å². The third-order valence-corrected chi connectivity index (χ3v) is 8.77. The Morgan fingerprint density at radius 2 is 1.91 bits per heavy atom. The minimum atomic E-state index is -0.696. The molecule has 1 saturated heterocycles. The van der Waals surface area contributed by atoms with Crippen LogP contribution in [0.4, 0.5) is 10.2 Å². The second-order valence-corrected chi connectivity index (χ2v) is 11.5. The minimum absolute atomic E-state index is 0.0883. The lowest BCUT2D eigenvalue weighted by Gasteiger charge is -2.34. The van der Waals surface area contributed by atoms with E-state index in [1.165, 1.54) is 42.8 Å². The van der Waals surface area contributed by atoms with Crippen molar-refractivity contribution in [2.75, 3.05) is 31.6 Å². The molecule has 1 aliphatic rings. The molecule has 2 aromatic carbocycles. The van der Waals surface area contributed by atoms with Crippen LogP contribution in [0.1, 0.15) is 45.1 Å². The van der Waals surface area contributed by atoms with Crippen molar-refractivity contribution >= 4 is 23.1 Å². The summed E-state index contributed by atoms with van der Waals surface area (Å²) in [5, 5.41) is 43.3. The first-order chi connectivity index (χ1) is 21.9. The number of phenols is 1. The number of methoxy groups -OCH3 is 1. The standard InChI is InChI=1S/C32H30FN7O4S/c1-44-27-7-6-19(14-26(27)41)24-17-38-31(23(16-35)30(24)20-4-5-21(15-34)25(33)13-20)40-11-8-22(9-12-40)36-10-2-3-29-37-18-28(45-29)32(42)39-43/h4-7,13-14,17-18,22,36,41,43H,2-3,8-12H2,1H3,(H,39,42). The van der Waals surface area contributed by atoms with Crippen LogP contribution in [0, 0.1) is 28.5 Å². The Hall–Kier alpha value is -5.08. The number of carbonyl (C=O) groups excluding carboxylic acids is 1. The second kappa shape index (κ2) is 14.1. The number of benzene rings is 2. The largest absolute Gasteiger partial charge is 0.504 e. The summed E-state index contributed by atoms with van der Waals surface area (Å²) >= 11 is 1.25. The van der Waals surface area contributed by atoms with Crippen LogP contribution in [-0.4, -0.2) is 59.0 Å². The molecule has 11 nitrogen and oxygen atoms in total. The number of rotatable bonds is 10. The number of carbonyl (C=O) groups is 1. The molecule has 0 atom stereocenters. The van der Waals surface area contributed by atoms with Crippen molar-refractivity contribution in [3.8, 4) is 45.9 Å². The fourth-order valence-electron chi connectivity index (χ4n) is 5.41. The Balaban J connectivity index is 1.33. The van der Waals surface area contributed by atoms with Crippen molar-refractivity contribution in [1.29, 1.82) is 10.5 Å². The lowest BCUT2D eigenvalue weighted by atomic mass is 9.91. The molecule has 0 aliphatic carbocycles. The predicted octanol–water partition coefficient (Wildman–Crippen LogP) is 4.78. The van der Waals surface area contributed by atoms with Gasteiger partial charge in [0.25, 0.3) is 5.91 Å². The molecule has 13 heteroatoms. The average molecular weight is 628 g/mol. The highest BCUT2D eigenvalue weighted by Gasteiger charge is 2.26. The van der Waals surface area contributed by atoms with Crippen molar-refractivity contribution < 1.29 is 24.2 Å². The number of phenolic OH excluding ortho intramolecular Hbond substituents is 1. The van der Waals surface area contributed by atoms with E-state index in [0.717, 1.165) is 30.8 Å². The molecule has 5 rings (SSSR count). The number of piperidine rings is 1. The zero-order valence-electron chi connectivity index (χ0n) is 24.4. The van der Waals surface area contributed by atoms with E-state index < -0.39 is 11.7 Å². The zero-order chi connectivity index (χ0) is 31.9. The maximum Gasteiger partial charge on any atom is 0.286 e. The first kappa shape index (κ1) is 31.3. The lowest BCUT2D eigenvalue weighted by Crippen LogP contribution is -2.43. The van der Waals surface area contributed by atoms with E-state index in [4.69, 9.17) is 14.9 Å². The van der Waals surface area contributed by atoms with Crippen molar-refractivity contribution in [2.24, 2.45) is 0 Å². The van der Waals surface area contributed by atoms with E-state index >= 15 is 0 Å². The number of thiazole rings is 1. The maximum atomic E-state index is 14.8. The van der Waals surface area contributed by atoms with E-state index in [1.807, 2.05) is 6.07 Å². The van der Waals surface area contributed by atoms with Gasteiger partial charge in [-0.1, -0.05) is 12.1 Å². The third kappa shape index (κ3) is 6.86. The Labute approximate surface area is 263 Å². The number of aromatic nitrogens is 2. The van der Waals surface area contributed by atoms with Crippen LogP contribution in [0.25, 0.3) is 22.3 Å². The molecule has 3 heterocycles. The van der Waals surface area contributed by atoms with E-state index in [0.29, 0.717) is 52.5 Å². The van der Waals surface area contributed by atoms with Gasteiger partial charge in [-0.05, 0) is 61.2 Å². The van der Waals surface area contributed by atoms with Gasteiger partial charge in [0, 0.05) is 42.9 Å². The number of anilines is 1. The van der Waals surface area contributed by atoms with Crippen LogP contribution in [0.15, 0.2) is 48.8 Å². The summed E-state index contributed by atoms with van der Waals surface area (Å²) in [6, 6.07) is 13.5. The number of hydrogen-bond donors (Lipinski definition) is 4. The number of amides is 1. The molecule has 0 spiro atoms. The highest BCUT2D eigenvalue weighted by atomic mass is 32.1. The Kier molecular flexibility index (Phi) is 9.85. The number of nitrogens with one attached hydrogen (secondary N) is 2. The summed E-state index contributed by atoms with van der Waals surface area (Å²) < 4.78 is 20.0.